The van der Waals surface area contributed by atoms with Gasteiger partial charge in [0.15, 0.2) is 0 Å². The lowest BCUT2D eigenvalue weighted by Crippen LogP contribution is -2.36. The Morgan fingerprint density at radius 3 is 2.58 bits per heavy atom. The van der Waals surface area contributed by atoms with Gasteiger partial charge in [-0.3, -0.25) is 11.3 Å². The van der Waals surface area contributed by atoms with Crippen LogP contribution in [0, 0.1) is 5.92 Å². The maximum Gasteiger partial charge on any atom is 0.0417 e. The van der Waals surface area contributed by atoms with E-state index in [0.29, 0.717) is 6.04 Å². The molecule has 0 amide bonds. The Hall–Kier alpha value is -0.340. The van der Waals surface area contributed by atoms with E-state index in [0.717, 1.165) is 11.5 Å². The molecule has 0 spiro atoms. The predicted octanol–water partition coefficient (Wildman–Crippen LogP) is 1.97. The van der Waals surface area contributed by atoms with E-state index < -0.39 is 0 Å². The molecule has 1 aliphatic rings. The summed E-state index contributed by atoms with van der Waals surface area (Å²) in [5, 5.41) is 0. The normalized spacial score (nSPS) is 21.2. The zero-order valence-corrected chi connectivity index (χ0v) is 7.97. The van der Waals surface area contributed by atoms with Crippen molar-refractivity contribution >= 4 is 0 Å². The molecule has 70 valence electrons. The molecule has 1 aliphatic carbocycles. The monoisotopic (exact) mass is 168 g/mol. The van der Waals surface area contributed by atoms with Crippen molar-refractivity contribution in [2.45, 2.75) is 45.1 Å². The molecule has 0 saturated heterocycles. The van der Waals surface area contributed by atoms with Crippen molar-refractivity contribution in [2.75, 3.05) is 0 Å². The van der Waals surface area contributed by atoms with Crippen molar-refractivity contribution in [1.82, 2.24) is 5.43 Å². The Kier molecular flexibility index (Phi) is 3.76. The van der Waals surface area contributed by atoms with E-state index in [1.54, 1.807) is 0 Å². The van der Waals surface area contributed by atoms with Gasteiger partial charge in [0.1, 0.15) is 0 Å². The summed E-state index contributed by atoms with van der Waals surface area (Å²) in [6.07, 6.45) is 6.74. The van der Waals surface area contributed by atoms with E-state index in [1.165, 1.54) is 32.1 Å². The van der Waals surface area contributed by atoms with Gasteiger partial charge in [-0.15, -0.1) is 0 Å². The lowest BCUT2D eigenvalue weighted by Gasteiger charge is -2.19. The Bertz CT molecular complexity index is 148. The van der Waals surface area contributed by atoms with Crippen LogP contribution in [0.5, 0.6) is 0 Å². The van der Waals surface area contributed by atoms with Crippen LogP contribution in [0.3, 0.4) is 0 Å². The summed E-state index contributed by atoms with van der Waals surface area (Å²) in [6, 6.07) is 0.327. The molecule has 1 saturated carbocycles. The zero-order chi connectivity index (χ0) is 8.97. The molecule has 0 aromatic heterocycles. The summed E-state index contributed by atoms with van der Waals surface area (Å²) in [7, 11) is 0. The van der Waals surface area contributed by atoms with Crippen LogP contribution in [-0.4, -0.2) is 6.04 Å². The Morgan fingerprint density at radius 1 is 1.58 bits per heavy atom. The molecule has 0 heterocycles. The fourth-order valence-electron chi connectivity index (χ4n) is 1.99. The Morgan fingerprint density at radius 2 is 2.17 bits per heavy atom. The van der Waals surface area contributed by atoms with Crippen molar-refractivity contribution in [3.63, 3.8) is 0 Å². The molecule has 3 N–H and O–H groups in total. The quantitative estimate of drug-likeness (QED) is 0.382. The average Bonchev–Trinajstić information content (AvgIpc) is 2.51. The fraction of sp³-hybridized carbons (Fsp3) is 0.800. The molecule has 2 heteroatoms. The summed E-state index contributed by atoms with van der Waals surface area (Å²) in [5.41, 5.74) is 3.99. The zero-order valence-electron chi connectivity index (χ0n) is 7.97. The number of hydrazine groups is 1. The van der Waals surface area contributed by atoms with Gasteiger partial charge in [0.25, 0.3) is 0 Å². The van der Waals surface area contributed by atoms with Crippen molar-refractivity contribution in [3.05, 3.63) is 12.2 Å². The Labute approximate surface area is 75.2 Å². The van der Waals surface area contributed by atoms with Crippen molar-refractivity contribution in [3.8, 4) is 0 Å². The largest absolute Gasteiger partial charge is 0.271 e. The number of nitrogens with one attached hydrogen (secondary N) is 1. The van der Waals surface area contributed by atoms with E-state index in [2.05, 4.69) is 12.0 Å². The first-order valence-corrected chi connectivity index (χ1v) is 4.85. The number of nitrogens with two attached hydrogens (primary N) is 1. The van der Waals surface area contributed by atoms with Crippen molar-refractivity contribution in [2.24, 2.45) is 11.8 Å². The smallest absolute Gasteiger partial charge is 0.0417 e. The average molecular weight is 168 g/mol. The second kappa shape index (κ2) is 4.63. The van der Waals surface area contributed by atoms with Gasteiger partial charge in [0.2, 0.25) is 0 Å². The molecule has 2 nitrogen and oxygen atoms in total. The third-order valence-electron chi connectivity index (χ3n) is 2.84. The second-order valence-corrected chi connectivity index (χ2v) is 3.95. The van der Waals surface area contributed by atoms with E-state index >= 15 is 0 Å². The van der Waals surface area contributed by atoms with Crippen LogP contribution >= 0.6 is 0 Å². The van der Waals surface area contributed by atoms with Crippen molar-refractivity contribution < 1.29 is 0 Å². The summed E-state index contributed by atoms with van der Waals surface area (Å²) >= 11 is 0. The molecule has 0 bridgehead atoms. The summed E-state index contributed by atoms with van der Waals surface area (Å²) < 4.78 is 0. The molecule has 12 heavy (non-hydrogen) atoms. The highest BCUT2D eigenvalue weighted by Gasteiger charge is 2.19. The van der Waals surface area contributed by atoms with Gasteiger partial charge in [-0.05, 0) is 19.3 Å². The third-order valence-corrected chi connectivity index (χ3v) is 2.84. The molecule has 0 aromatic rings. The number of hydrogen-bond donors (Lipinski definition) is 2. The van der Waals surface area contributed by atoms with Crippen molar-refractivity contribution in [1.29, 1.82) is 0 Å². The first kappa shape index (κ1) is 9.75. The SMILES string of the molecule is C=C(C)C(CC1CCCC1)NN. The van der Waals surface area contributed by atoms with Crippen LogP contribution in [0.15, 0.2) is 12.2 Å². The predicted molar refractivity (Wildman–Crippen MR) is 52.5 cm³/mol. The maximum atomic E-state index is 5.44. The van der Waals surface area contributed by atoms with Gasteiger partial charge in [0.05, 0.1) is 0 Å². The van der Waals surface area contributed by atoms with Crippen LogP contribution in [0.25, 0.3) is 0 Å². The van der Waals surface area contributed by atoms with Crippen LogP contribution in [0.2, 0.25) is 0 Å². The van der Waals surface area contributed by atoms with Crippen LogP contribution in [0.1, 0.15) is 39.0 Å². The molecule has 1 atom stereocenters. The minimum Gasteiger partial charge on any atom is -0.271 e. The summed E-state index contributed by atoms with van der Waals surface area (Å²) in [4.78, 5) is 0. The molecular formula is C10H20N2. The highest BCUT2D eigenvalue weighted by Crippen LogP contribution is 2.29. The maximum absolute atomic E-state index is 5.44. The topological polar surface area (TPSA) is 38.0 Å². The molecule has 1 rings (SSSR count). The fourth-order valence-corrected chi connectivity index (χ4v) is 1.99. The Balaban J connectivity index is 2.30. The third kappa shape index (κ3) is 2.61. The molecular weight excluding hydrogens is 148 g/mol. The van der Waals surface area contributed by atoms with E-state index in [1.807, 2.05) is 6.92 Å². The summed E-state index contributed by atoms with van der Waals surface area (Å²) in [5.74, 6) is 6.32. The minimum atomic E-state index is 0.327. The lowest BCUT2D eigenvalue weighted by atomic mass is 9.95. The van der Waals surface area contributed by atoms with Gasteiger partial charge in [-0.25, -0.2) is 0 Å². The van der Waals surface area contributed by atoms with Gasteiger partial charge >= 0.3 is 0 Å². The first-order chi connectivity index (χ1) is 5.74. The summed E-state index contributed by atoms with van der Waals surface area (Å²) in [6.45, 7) is 5.97. The lowest BCUT2D eigenvalue weighted by molar-refractivity contribution is 0.424. The van der Waals surface area contributed by atoms with Gasteiger partial charge in [-0.1, -0.05) is 37.8 Å². The highest BCUT2D eigenvalue weighted by molar-refractivity contribution is 5.01. The first-order valence-electron chi connectivity index (χ1n) is 4.85. The molecule has 0 aliphatic heterocycles. The minimum absolute atomic E-state index is 0.327. The van der Waals surface area contributed by atoms with Crippen LogP contribution in [-0.2, 0) is 0 Å². The van der Waals surface area contributed by atoms with E-state index in [4.69, 9.17) is 5.84 Å². The molecule has 0 radical (unpaired) electrons. The molecule has 0 aromatic carbocycles. The van der Waals surface area contributed by atoms with Gasteiger partial charge < -0.3 is 0 Å². The number of hydrogen-bond acceptors (Lipinski definition) is 2. The van der Waals surface area contributed by atoms with Crippen LogP contribution < -0.4 is 11.3 Å². The second-order valence-electron chi connectivity index (χ2n) is 3.95. The standard InChI is InChI=1S/C10H20N2/c1-8(2)10(12-11)7-9-5-3-4-6-9/h9-10,12H,1,3-7,11H2,2H3. The van der Waals surface area contributed by atoms with Crippen LogP contribution in [0.4, 0.5) is 0 Å². The van der Waals surface area contributed by atoms with Gasteiger partial charge in [0, 0.05) is 6.04 Å². The van der Waals surface area contributed by atoms with E-state index in [-0.39, 0.29) is 0 Å². The number of rotatable bonds is 4. The van der Waals surface area contributed by atoms with E-state index in [9.17, 15) is 0 Å². The molecule has 1 fully saturated rings. The van der Waals surface area contributed by atoms with Gasteiger partial charge in [-0.2, -0.15) is 0 Å². The highest BCUT2D eigenvalue weighted by atomic mass is 15.2. The molecule has 1 unspecified atom stereocenters.